The van der Waals surface area contributed by atoms with Crippen molar-refractivity contribution in [1.29, 1.82) is 0 Å². The number of piperidine rings is 1. The van der Waals surface area contributed by atoms with E-state index in [-0.39, 0.29) is 0 Å². The minimum absolute atomic E-state index is 0.397. The van der Waals surface area contributed by atoms with Crippen LogP contribution in [0.5, 0.6) is 0 Å². The van der Waals surface area contributed by atoms with Gasteiger partial charge in [0, 0.05) is 42.5 Å². The van der Waals surface area contributed by atoms with Crippen LogP contribution in [0.1, 0.15) is 66.5 Å². The van der Waals surface area contributed by atoms with Gasteiger partial charge in [0.25, 0.3) is 0 Å². The number of rotatable bonds is 5. The number of pyridine rings is 1. The summed E-state index contributed by atoms with van der Waals surface area (Å²) in [6.45, 7) is 12.0. The van der Waals surface area contributed by atoms with Gasteiger partial charge in [0.05, 0.1) is 11.4 Å². The van der Waals surface area contributed by atoms with Crippen LogP contribution in [-0.4, -0.2) is 52.6 Å². The van der Waals surface area contributed by atoms with Gasteiger partial charge in [0.2, 0.25) is 0 Å². The molecule has 0 unspecified atom stereocenters. The number of hydrogen-bond donors (Lipinski definition) is 1. The largest absolute Gasteiger partial charge is 0.354 e. The molecular weight excluding hydrogens is 448 g/mol. The Morgan fingerprint density at radius 1 is 1.06 bits per heavy atom. The standard InChI is InChI=1S/C28H34N8/c1-17(2)26-23-12-21(20-8-10-35(11-9-20)14-22-13-34(5)33-31-22)6-7-25(23)30-27(26)24-15-36-16-29-32-28(36)19(4)18(24)3/h6-7,12-13,15-17,20,30H,8-11,14H2,1-5H3. The van der Waals surface area contributed by atoms with Crippen molar-refractivity contribution < 1.29 is 0 Å². The number of nitrogens with zero attached hydrogens (tertiary/aromatic N) is 7. The molecule has 186 valence electrons. The van der Waals surface area contributed by atoms with Gasteiger partial charge in [-0.3, -0.25) is 14.0 Å². The average Bonchev–Trinajstić information content (AvgIpc) is 3.59. The molecular formula is C28H34N8. The predicted molar refractivity (Wildman–Crippen MR) is 142 cm³/mol. The van der Waals surface area contributed by atoms with Crippen molar-refractivity contribution in [2.24, 2.45) is 7.05 Å². The van der Waals surface area contributed by atoms with E-state index < -0.39 is 0 Å². The first-order valence-corrected chi connectivity index (χ1v) is 12.9. The SMILES string of the molecule is Cc1c(-c2[nH]c3ccc(C4CCN(Cc5cn(C)nn5)CC4)cc3c2C(C)C)cn2cnnc2c1C. The van der Waals surface area contributed by atoms with Crippen molar-refractivity contribution in [3.8, 4) is 11.3 Å². The Morgan fingerprint density at radius 2 is 1.86 bits per heavy atom. The van der Waals surface area contributed by atoms with Gasteiger partial charge < -0.3 is 4.98 Å². The van der Waals surface area contributed by atoms with Crippen molar-refractivity contribution in [3.63, 3.8) is 0 Å². The zero-order valence-electron chi connectivity index (χ0n) is 21.8. The van der Waals surface area contributed by atoms with Crippen molar-refractivity contribution in [1.82, 2.24) is 39.5 Å². The number of benzene rings is 1. The summed E-state index contributed by atoms with van der Waals surface area (Å²) in [5.41, 5.74) is 10.9. The zero-order valence-corrected chi connectivity index (χ0v) is 21.8. The summed E-state index contributed by atoms with van der Waals surface area (Å²) in [4.78, 5) is 6.28. The Bertz CT molecular complexity index is 1540. The molecule has 8 nitrogen and oxygen atoms in total. The van der Waals surface area contributed by atoms with E-state index in [1.54, 1.807) is 11.0 Å². The average molecular weight is 483 g/mol. The van der Waals surface area contributed by atoms with E-state index >= 15 is 0 Å². The number of aromatic nitrogens is 7. The summed E-state index contributed by atoms with van der Waals surface area (Å²) in [5, 5.41) is 18.1. The molecule has 0 saturated carbocycles. The summed E-state index contributed by atoms with van der Waals surface area (Å²) >= 11 is 0. The number of aromatic amines is 1. The third-order valence-electron chi connectivity index (χ3n) is 7.95. The fourth-order valence-corrected chi connectivity index (χ4v) is 5.88. The van der Waals surface area contributed by atoms with Crippen LogP contribution in [0.15, 0.2) is 36.9 Å². The Kier molecular flexibility index (Phi) is 5.63. The molecule has 36 heavy (non-hydrogen) atoms. The molecule has 5 heterocycles. The molecule has 5 aromatic rings. The highest BCUT2D eigenvalue weighted by Gasteiger charge is 2.24. The van der Waals surface area contributed by atoms with Gasteiger partial charge in [-0.25, -0.2) is 0 Å². The molecule has 0 amide bonds. The zero-order chi connectivity index (χ0) is 25.0. The maximum absolute atomic E-state index is 4.30. The molecule has 1 aromatic carbocycles. The molecule has 0 spiro atoms. The fourth-order valence-electron chi connectivity index (χ4n) is 5.88. The normalized spacial score (nSPS) is 15.6. The topological polar surface area (TPSA) is 79.9 Å². The number of H-pyrrole nitrogens is 1. The molecule has 4 aromatic heterocycles. The van der Waals surface area contributed by atoms with E-state index in [9.17, 15) is 0 Å². The predicted octanol–water partition coefficient (Wildman–Crippen LogP) is 5.13. The lowest BCUT2D eigenvalue weighted by Crippen LogP contribution is -2.32. The third kappa shape index (κ3) is 3.89. The molecule has 1 fully saturated rings. The summed E-state index contributed by atoms with van der Waals surface area (Å²) in [7, 11) is 1.92. The maximum atomic E-state index is 4.30. The molecule has 1 N–H and O–H groups in total. The van der Waals surface area contributed by atoms with E-state index in [4.69, 9.17) is 0 Å². The number of fused-ring (bicyclic) bond motifs is 2. The second kappa shape index (κ2) is 8.85. The van der Waals surface area contributed by atoms with E-state index in [1.807, 2.05) is 17.6 Å². The van der Waals surface area contributed by atoms with Gasteiger partial charge in [-0.2, -0.15) is 0 Å². The number of likely N-dealkylation sites (tertiary alicyclic amines) is 1. The molecule has 1 aliphatic heterocycles. The Balaban J connectivity index is 1.32. The molecule has 0 aliphatic carbocycles. The Morgan fingerprint density at radius 3 is 2.58 bits per heavy atom. The Labute approximate surface area is 211 Å². The smallest absolute Gasteiger partial charge is 0.163 e. The number of hydrogen-bond acceptors (Lipinski definition) is 5. The van der Waals surface area contributed by atoms with Crippen LogP contribution in [0.2, 0.25) is 0 Å². The lowest BCUT2D eigenvalue weighted by molar-refractivity contribution is 0.202. The van der Waals surface area contributed by atoms with Gasteiger partial charge in [-0.1, -0.05) is 25.1 Å². The second-order valence-corrected chi connectivity index (χ2v) is 10.7. The second-order valence-electron chi connectivity index (χ2n) is 10.7. The molecule has 0 atom stereocenters. The monoisotopic (exact) mass is 482 g/mol. The van der Waals surface area contributed by atoms with E-state index in [1.165, 1.54) is 57.3 Å². The van der Waals surface area contributed by atoms with Gasteiger partial charge >= 0.3 is 0 Å². The minimum atomic E-state index is 0.397. The molecule has 6 rings (SSSR count). The third-order valence-corrected chi connectivity index (χ3v) is 7.95. The van der Waals surface area contributed by atoms with Crippen LogP contribution in [0.3, 0.4) is 0 Å². The van der Waals surface area contributed by atoms with Gasteiger partial charge in [0.1, 0.15) is 6.33 Å². The highest BCUT2D eigenvalue weighted by Crippen LogP contribution is 2.40. The summed E-state index contributed by atoms with van der Waals surface area (Å²) < 4.78 is 3.81. The molecule has 0 radical (unpaired) electrons. The van der Waals surface area contributed by atoms with Gasteiger partial charge in [-0.05, 0) is 86.0 Å². The first-order valence-electron chi connectivity index (χ1n) is 12.9. The van der Waals surface area contributed by atoms with Crippen LogP contribution < -0.4 is 0 Å². The molecule has 8 heteroatoms. The molecule has 0 bridgehead atoms. The Hall–Kier alpha value is -3.52. The van der Waals surface area contributed by atoms with Crippen LogP contribution in [0.4, 0.5) is 0 Å². The van der Waals surface area contributed by atoms with Crippen LogP contribution in [-0.2, 0) is 13.6 Å². The summed E-state index contributed by atoms with van der Waals surface area (Å²) in [6, 6.07) is 7.06. The van der Waals surface area contributed by atoms with Crippen molar-refractivity contribution >= 4 is 16.6 Å². The number of aryl methyl sites for hydroxylation is 2. The van der Waals surface area contributed by atoms with Crippen LogP contribution in [0, 0.1) is 13.8 Å². The van der Waals surface area contributed by atoms with Gasteiger partial charge in [0.15, 0.2) is 5.65 Å². The molecule has 1 aliphatic rings. The minimum Gasteiger partial charge on any atom is -0.354 e. The van der Waals surface area contributed by atoms with E-state index in [0.717, 1.165) is 31.0 Å². The van der Waals surface area contributed by atoms with Crippen LogP contribution in [0.25, 0.3) is 27.8 Å². The first-order chi connectivity index (χ1) is 17.4. The van der Waals surface area contributed by atoms with E-state index in [2.05, 4.69) is 82.5 Å². The van der Waals surface area contributed by atoms with Crippen molar-refractivity contribution in [2.45, 2.75) is 58.9 Å². The van der Waals surface area contributed by atoms with Crippen molar-refractivity contribution in [2.75, 3.05) is 13.1 Å². The highest BCUT2D eigenvalue weighted by molar-refractivity contribution is 5.92. The quantitative estimate of drug-likeness (QED) is 0.376. The first kappa shape index (κ1) is 22.9. The molecule has 1 saturated heterocycles. The lowest BCUT2D eigenvalue weighted by atomic mass is 9.87. The summed E-state index contributed by atoms with van der Waals surface area (Å²) in [5.74, 6) is 0.984. The number of nitrogens with one attached hydrogen (secondary N) is 1. The highest BCUT2D eigenvalue weighted by atomic mass is 15.4. The summed E-state index contributed by atoms with van der Waals surface area (Å²) in [6.07, 6.45) is 8.31. The van der Waals surface area contributed by atoms with Gasteiger partial charge in [-0.15, -0.1) is 15.3 Å². The van der Waals surface area contributed by atoms with Crippen LogP contribution >= 0.6 is 0 Å². The van der Waals surface area contributed by atoms with Crippen molar-refractivity contribution in [3.05, 3.63) is 64.9 Å². The lowest BCUT2D eigenvalue weighted by Gasteiger charge is -2.31. The van der Waals surface area contributed by atoms with E-state index in [0.29, 0.717) is 11.8 Å². The maximum Gasteiger partial charge on any atom is 0.163 e. The fraction of sp³-hybridized carbons (Fsp3) is 0.429.